The van der Waals surface area contributed by atoms with E-state index in [0.29, 0.717) is 24.2 Å². The summed E-state index contributed by atoms with van der Waals surface area (Å²) in [4.78, 5) is 37.5. The summed E-state index contributed by atoms with van der Waals surface area (Å²) in [5.41, 5.74) is 1.87. The van der Waals surface area contributed by atoms with E-state index in [2.05, 4.69) is 5.32 Å². The Kier molecular flexibility index (Phi) is 5.63. The van der Waals surface area contributed by atoms with Crippen LogP contribution in [-0.4, -0.2) is 35.8 Å². The number of rotatable bonds is 6. The number of hydrogen-bond acceptors (Lipinski definition) is 4. The van der Waals surface area contributed by atoms with Gasteiger partial charge in [-0.25, -0.2) is 4.79 Å². The van der Waals surface area contributed by atoms with Crippen LogP contribution in [0, 0.1) is 0 Å². The zero-order chi connectivity index (χ0) is 18.4. The Hall–Kier alpha value is -3.15. The van der Waals surface area contributed by atoms with Crippen LogP contribution >= 0.6 is 0 Å². The van der Waals surface area contributed by atoms with Crippen LogP contribution in [0.5, 0.6) is 0 Å². The molecule has 2 aromatic rings. The largest absolute Gasteiger partial charge is 0.452 e. The average Bonchev–Trinajstić information content (AvgIpc) is 3.05. The normalized spacial score (nSPS) is 13.5. The van der Waals surface area contributed by atoms with E-state index in [9.17, 15) is 14.4 Å². The third-order valence-electron chi connectivity index (χ3n) is 4.10. The van der Waals surface area contributed by atoms with E-state index < -0.39 is 11.9 Å². The summed E-state index contributed by atoms with van der Waals surface area (Å²) in [5, 5.41) is 2.65. The second-order valence-electron chi connectivity index (χ2n) is 6.11. The van der Waals surface area contributed by atoms with Gasteiger partial charge in [-0.2, -0.15) is 0 Å². The van der Waals surface area contributed by atoms with Crippen molar-refractivity contribution in [3.8, 4) is 0 Å². The van der Waals surface area contributed by atoms with Crippen molar-refractivity contribution in [3.05, 3.63) is 65.7 Å². The number of para-hydroxylation sites is 1. The minimum absolute atomic E-state index is 0.135. The van der Waals surface area contributed by atoms with E-state index in [0.717, 1.165) is 18.5 Å². The Morgan fingerprint density at radius 1 is 1.08 bits per heavy atom. The van der Waals surface area contributed by atoms with Crippen molar-refractivity contribution in [1.29, 1.82) is 0 Å². The predicted octanol–water partition coefficient (Wildman–Crippen LogP) is 2.60. The van der Waals surface area contributed by atoms with Crippen LogP contribution < -0.4 is 5.32 Å². The second-order valence-corrected chi connectivity index (χ2v) is 6.11. The molecule has 2 aromatic carbocycles. The standard InChI is InChI=1S/C20H20N2O4/c23-18(21-17-8-2-1-3-9-17)14-26-20(25)16-7-4-6-15(12-16)13-22-11-5-10-19(22)24/h1-4,6-9,12H,5,10-11,13-14H2,(H,21,23). The lowest BCUT2D eigenvalue weighted by molar-refractivity contribution is -0.128. The molecule has 0 saturated carbocycles. The highest BCUT2D eigenvalue weighted by molar-refractivity contribution is 5.95. The summed E-state index contributed by atoms with van der Waals surface area (Å²) in [7, 11) is 0. The first-order valence-corrected chi connectivity index (χ1v) is 8.50. The van der Waals surface area contributed by atoms with E-state index in [-0.39, 0.29) is 12.5 Å². The van der Waals surface area contributed by atoms with Crippen molar-refractivity contribution in [2.45, 2.75) is 19.4 Å². The molecule has 0 unspecified atom stereocenters. The fraction of sp³-hybridized carbons (Fsp3) is 0.250. The molecule has 0 spiro atoms. The van der Waals surface area contributed by atoms with E-state index in [1.807, 2.05) is 12.1 Å². The maximum absolute atomic E-state index is 12.2. The number of benzene rings is 2. The summed E-state index contributed by atoms with van der Waals surface area (Å²) in [6.45, 7) is 0.865. The monoisotopic (exact) mass is 352 g/mol. The lowest BCUT2D eigenvalue weighted by Gasteiger charge is -2.15. The highest BCUT2D eigenvalue weighted by atomic mass is 16.5. The number of anilines is 1. The highest BCUT2D eigenvalue weighted by Crippen LogP contribution is 2.15. The van der Waals surface area contributed by atoms with Crippen molar-refractivity contribution < 1.29 is 19.1 Å². The molecule has 6 nitrogen and oxygen atoms in total. The van der Waals surface area contributed by atoms with Crippen LogP contribution in [0.25, 0.3) is 0 Å². The summed E-state index contributed by atoms with van der Waals surface area (Å²) in [6, 6.07) is 15.9. The summed E-state index contributed by atoms with van der Waals surface area (Å²) in [6.07, 6.45) is 1.45. The van der Waals surface area contributed by atoms with Crippen LogP contribution in [0.2, 0.25) is 0 Å². The van der Waals surface area contributed by atoms with E-state index in [4.69, 9.17) is 4.74 Å². The Morgan fingerprint density at radius 3 is 2.62 bits per heavy atom. The van der Waals surface area contributed by atoms with Gasteiger partial charge in [0.2, 0.25) is 5.91 Å². The number of amides is 2. The molecule has 0 atom stereocenters. The van der Waals surface area contributed by atoms with Crippen LogP contribution in [0.4, 0.5) is 5.69 Å². The van der Waals surface area contributed by atoms with Gasteiger partial charge < -0.3 is 15.0 Å². The van der Waals surface area contributed by atoms with Gasteiger partial charge in [0.15, 0.2) is 6.61 Å². The van der Waals surface area contributed by atoms with Crippen molar-refractivity contribution in [3.63, 3.8) is 0 Å². The fourth-order valence-corrected chi connectivity index (χ4v) is 2.82. The summed E-state index contributed by atoms with van der Waals surface area (Å²) < 4.78 is 5.08. The molecule has 3 rings (SSSR count). The number of likely N-dealkylation sites (tertiary alicyclic amines) is 1. The quantitative estimate of drug-likeness (QED) is 0.811. The summed E-state index contributed by atoms with van der Waals surface area (Å²) in [5.74, 6) is -0.832. The lowest BCUT2D eigenvalue weighted by atomic mass is 10.1. The minimum Gasteiger partial charge on any atom is -0.452 e. The molecule has 2 amide bonds. The smallest absolute Gasteiger partial charge is 0.338 e. The first-order valence-electron chi connectivity index (χ1n) is 8.50. The molecule has 1 fully saturated rings. The highest BCUT2D eigenvalue weighted by Gasteiger charge is 2.20. The molecule has 1 heterocycles. The Morgan fingerprint density at radius 2 is 1.88 bits per heavy atom. The third kappa shape index (κ3) is 4.69. The van der Waals surface area contributed by atoms with Gasteiger partial charge in [-0.05, 0) is 36.2 Å². The molecule has 26 heavy (non-hydrogen) atoms. The van der Waals surface area contributed by atoms with E-state index in [1.54, 1.807) is 47.4 Å². The van der Waals surface area contributed by atoms with Gasteiger partial charge in [0.25, 0.3) is 5.91 Å². The molecule has 134 valence electrons. The molecule has 1 N–H and O–H groups in total. The third-order valence-corrected chi connectivity index (χ3v) is 4.10. The number of nitrogens with one attached hydrogen (secondary N) is 1. The average molecular weight is 352 g/mol. The summed E-state index contributed by atoms with van der Waals surface area (Å²) >= 11 is 0. The van der Waals surface area contributed by atoms with Gasteiger partial charge >= 0.3 is 5.97 Å². The van der Waals surface area contributed by atoms with Crippen LogP contribution in [-0.2, 0) is 20.9 Å². The first kappa shape index (κ1) is 17.7. The van der Waals surface area contributed by atoms with Crippen LogP contribution in [0.3, 0.4) is 0 Å². The number of esters is 1. The van der Waals surface area contributed by atoms with Gasteiger partial charge in [-0.3, -0.25) is 9.59 Å². The second kappa shape index (κ2) is 8.29. The Labute approximate surface area is 151 Å². The van der Waals surface area contributed by atoms with Gasteiger partial charge in [0.05, 0.1) is 5.56 Å². The molecule has 1 aliphatic rings. The van der Waals surface area contributed by atoms with Gasteiger partial charge in [0, 0.05) is 25.2 Å². The maximum atomic E-state index is 12.2. The van der Waals surface area contributed by atoms with Gasteiger partial charge in [-0.15, -0.1) is 0 Å². The number of carbonyl (C=O) groups excluding carboxylic acids is 3. The molecular formula is C20H20N2O4. The van der Waals surface area contributed by atoms with Crippen LogP contribution in [0.1, 0.15) is 28.8 Å². The van der Waals surface area contributed by atoms with Gasteiger partial charge in [-0.1, -0.05) is 30.3 Å². The first-order chi connectivity index (χ1) is 12.6. The molecule has 0 aliphatic carbocycles. The molecular weight excluding hydrogens is 332 g/mol. The molecule has 1 saturated heterocycles. The zero-order valence-corrected chi connectivity index (χ0v) is 14.3. The fourth-order valence-electron chi connectivity index (χ4n) is 2.82. The Bertz CT molecular complexity index is 804. The molecule has 1 aliphatic heterocycles. The number of carbonyl (C=O) groups is 3. The maximum Gasteiger partial charge on any atom is 0.338 e. The van der Waals surface area contributed by atoms with Crippen molar-refractivity contribution >= 4 is 23.5 Å². The number of hydrogen-bond donors (Lipinski definition) is 1. The lowest BCUT2D eigenvalue weighted by Crippen LogP contribution is -2.24. The van der Waals surface area contributed by atoms with Crippen molar-refractivity contribution in [1.82, 2.24) is 4.90 Å². The molecule has 0 bridgehead atoms. The topological polar surface area (TPSA) is 75.7 Å². The van der Waals surface area contributed by atoms with Crippen molar-refractivity contribution in [2.75, 3.05) is 18.5 Å². The minimum atomic E-state index is -0.567. The van der Waals surface area contributed by atoms with E-state index >= 15 is 0 Å². The van der Waals surface area contributed by atoms with Crippen molar-refractivity contribution in [2.24, 2.45) is 0 Å². The number of ether oxygens (including phenoxy) is 1. The predicted molar refractivity (Wildman–Crippen MR) is 96.4 cm³/mol. The SMILES string of the molecule is O=C(COC(=O)c1cccc(CN2CCCC2=O)c1)Nc1ccccc1. The molecule has 0 aromatic heterocycles. The Balaban J connectivity index is 1.53. The molecule has 6 heteroatoms. The van der Waals surface area contributed by atoms with Crippen LogP contribution in [0.15, 0.2) is 54.6 Å². The zero-order valence-electron chi connectivity index (χ0n) is 14.3. The molecule has 0 radical (unpaired) electrons. The number of nitrogens with zero attached hydrogens (tertiary/aromatic N) is 1. The van der Waals surface area contributed by atoms with Gasteiger partial charge in [0.1, 0.15) is 0 Å². The van der Waals surface area contributed by atoms with E-state index in [1.165, 1.54) is 0 Å².